The maximum absolute atomic E-state index is 12.0. The zero-order valence-corrected chi connectivity index (χ0v) is 21.8. The Bertz CT molecular complexity index is 701. The Morgan fingerprint density at radius 2 is 1.06 bits per heavy atom. The lowest BCUT2D eigenvalue weighted by atomic mass is 9.97. The zero-order chi connectivity index (χ0) is 25.2. The van der Waals surface area contributed by atoms with Gasteiger partial charge in [-0.2, -0.15) is 0 Å². The average Bonchev–Trinajstić information content (AvgIpc) is 2.81. The van der Waals surface area contributed by atoms with Crippen molar-refractivity contribution < 1.29 is 29.6 Å². The maximum atomic E-state index is 12.0. The number of aromatic carboxylic acids is 1. The van der Waals surface area contributed by atoms with Gasteiger partial charge in [0.1, 0.15) is 5.56 Å². The molecule has 0 unspecified atom stereocenters. The Kier molecular flexibility index (Phi) is 16.1. The molecule has 34 heavy (non-hydrogen) atoms. The van der Waals surface area contributed by atoms with Gasteiger partial charge in [-0.1, -0.05) is 97.8 Å². The summed E-state index contributed by atoms with van der Waals surface area (Å²) in [7, 11) is 0. The molecule has 0 aliphatic carbocycles. The van der Waals surface area contributed by atoms with Crippen LogP contribution in [0.5, 0.6) is 23.0 Å². The topological polar surface area (TPSA) is 96.2 Å². The molecule has 0 saturated heterocycles. The predicted octanol–water partition coefficient (Wildman–Crippen LogP) is 8.01. The second-order valence-electron chi connectivity index (χ2n) is 9.20. The molecule has 0 fully saturated rings. The minimum atomic E-state index is -1.27. The van der Waals surface area contributed by atoms with Crippen LogP contribution in [0.1, 0.15) is 133 Å². The van der Waals surface area contributed by atoms with Crippen LogP contribution in [0.15, 0.2) is 0 Å². The largest absolute Gasteiger partial charge is 0.504 e. The number of aromatic hydroxyl groups is 2. The number of ether oxygens (including phenoxy) is 2. The first-order chi connectivity index (χ1) is 16.5. The van der Waals surface area contributed by atoms with Crippen LogP contribution >= 0.6 is 0 Å². The number of hydrogen-bond acceptors (Lipinski definition) is 5. The molecule has 0 heterocycles. The average molecular weight is 481 g/mol. The molecule has 0 bridgehead atoms. The van der Waals surface area contributed by atoms with Gasteiger partial charge in [0.15, 0.2) is 11.5 Å². The molecule has 0 radical (unpaired) electrons. The van der Waals surface area contributed by atoms with Crippen LogP contribution in [0, 0.1) is 0 Å². The monoisotopic (exact) mass is 480 g/mol. The molecule has 0 saturated carbocycles. The third-order valence-electron chi connectivity index (χ3n) is 6.19. The Balaban J connectivity index is 3.12. The maximum Gasteiger partial charge on any atom is 0.340 e. The molecular formula is C28H48O6. The molecule has 0 amide bonds. The fourth-order valence-corrected chi connectivity index (χ4v) is 4.15. The summed E-state index contributed by atoms with van der Waals surface area (Å²) in [5.41, 5.74) is 0.151. The van der Waals surface area contributed by atoms with Crippen LogP contribution in [0.3, 0.4) is 0 Å². The summed E-state index contributed by atoms with van der Waals surface area (Å²) < 4.78 is 12.0. The Morgan fingerprint density at radius 1 is 0.618 bits per heavy atom. The molecule has 6 heteroatoms. The van der Waals surface area contributed by atoms with Gasteiger partial charge < -0.3 is 24.8 Å². The highest BCUT2D eigenvalue weighted by atomic mass is 16.5. The van der Waals surface area contributed by atoms with Crippen molar-refractivity contribution in [3.05, 3.63) is 11.1 Å². The van der Waals surface area contributed by atoms with Gasteiger partial charge in [-0.25, -0.2) is 4.79 Å². The van der Waals surface area contributed by atoms with Gasteiger partial charge in [0.25, 0.3) is 0 Å². The van der Waals surface area contributed by atoms with Crippen molar-refractivity contribution in [1.29, 1.82) is 0 Å². The zero-order valence-electron chi connectivity index (χ0n) is 21.8. The highest BCUT2D eigenvalue weighted by Gasteiger charge is 2.29. The molecule has 196 valence electrons. The van der Waals surface area contributed by atoms with Gasteiger partial charge in [0.05, 0.1) is 13.2 Å². The van der Waals surface area contributed by atoms with Gasteiger partial charge in [0.2, 0.25) is 11.5 Å². The van der Waals surface area contributed by atoms with E-state index in [0.717, 1.165) is 83.5 Å². The molecule has 0 spiro atoms. The molecule has 1 aromatic carbocycles. The standard InChI is InChI=1S/C28H48O6/c1-4-7-10-13-16-19-22-23(28(31)32)24(29)25(30)27(34-21-18-15-12-9-6-3)26(22)33-20-17-14-11-8-5-2/h29-30H,4-21H2,1-3H3,(H,31,32). The van der Waals surface area contributed by atoms with E-state index >= 15 is 0 Å². The van der Waals surface area contributed by atoms with Crippen LogP contribution < -0.4 is 9.47 Å². The Labute approximate surface area is 206 Å². The van der Waals surface area contributed by atoms with E-state index in [-0.39, 0.29) is 17.1 Å². The summed E-state index contributed by atoms with van der Waals surface area (Å²) in [5, 5.41) is 31.1. The Hall–Kier alpha value is -2.11. The highest BCUT2D eigenvalue weighted by Crippen LogP contribution is 2.49. The molecule has 6 nitrogen and oxygen atoms in total. The van der Waals surface area contributed by atoms with Crippen LogP contribution in [0.4, 0.5) is 0 Å². The van der Waals surface area contributed by atoms with Crippen molar-refractivity contribution in [3.63, 3.8) is 0 Å². The second kappa shape index (κ2) is 18.2. The first-order valence-electron chi connectivity index (χ1n) is 13.6. The summed E-state index contributed by atoms with van der Waals surface area (Å²) in [6.07, 6.45) is 16.2. The fraction of sp³-hybridized carbons (Fsp3) is 0.750. The lowest BCUT2D eigenvalue weighted by Crippen LogP contribution is -2.11. The molecule has 0 aliphatic rings. The normalized spacial score (nSPS) is 11.0. The van der Waals surface area contributed by atoms with E-state index in [0.29, 0.717) is 25.2 Å². The van der Waals surface area contributed by atoms with Crippen LogP contribution in [0.2, 0.25) is 0 Å². The van der Waals surface area contributed by atoms with E-state index in [2.05, 4.69) is 20.8 Å². The number of carboxylic acids is 1. The first kappa shape index (κ1) is 29.9. The minimum Gasteiger partial charge on any atom is -0.504 e. The van der Waals surface area contributed by atoms with Gasteiger partial charge in [-0.15, -0.1) is 0 Å². The summed E-state index contributed by atoms with van der Waals surface area (Å²) in [6.45, 7) is 7.28. The first-order valence-corrected chi connectivity index (χ1v) is 13.6. The number of hydrogen-bond donors (Lipinski definition) is 3. The van der Waals surface area contributed by atoms with E-state index < -0.39 is 17.5 Å². The molecule has 1 rings (SSSR count). The fourth-order valence-electron chi connectivity index (χ4n) is 4.15. The summed E-state index contributed by atoms with van der Waals surface area (Å²) >= 11 is 0. The van der Waals surface area contributed by atoms with E-state index in [1.165, 1.54) is 12.8 Å². The van der Waals surface area contributed by atoms with Crippen molar-refractivity contribution in [2.75, 3.05) is 13.2 Å². The quantitative estimate of drug-likeness (QED) is 0.122. The van der Waals surface area contributed by atoms with Crippen LogP contribution in [-0.4, -0.2) is 34.5 Å². The number of carbonyl (C=O) groups is 1. The molecule has 0 aliphatic heterocycles. The summed E-state index contributed by atoms with van der Waals surface area (Å²) in [5.74, 6) is -2.08. The molecule has 1 aromatic rings. The van der Waals surface area contributed by atoms with E-state index in [9.17, 15) is 20.1 Å². The number of rotatable bonds is 21. The number of phenolic OH excluding ortho intramolecular Hbond substituents is 1. The third-order valence-corrected chi connectivity index (χ3v) is 6.19. The lowest BCUT2D eigenvalue weighted by Gasteiger charge is -2.21. The number of unbranched alkanes of at least 4 members (excludes halogenated alkanes) is 12. The SMILES string of the molecule is CCCCCCCOc1c(O)c(O)c(C(=O)O)c(CCCCCCC)c1OCCCCCCC. The van der Waals surface area contributed by atoms with Gasteiger partial charge in [-0.05, 0) is 25.7 Å². The highest BCUT2D eigenvalue weighted by molar-refractivity contribution is 5.96. The number of benzene rings is 1. The van der Waals surface area contributed by atoms with Gasteiger partial charge >= 0.3 is 5.97 Å². The van der Waals surface area contributed by atoms with Crippen LogP contribution in [0.25, 0.3) is 0 Å². The smallest absolute Gasteiger partial charge is 0.340 e. The molecule has 0 aromatic heterocycles. The van der Waals surface area contributed by atoms with Crippen molar-refractivity contribution in [1.82, 2.24) is 0 Å². The summed E-state index contributed by atoms with van der Waals surface area (Å²) in [4.78, 5) is 12.0. The predicted molar refractivity (Wildman–Crippen MR) is 138 cm³/mol. The van der Waals surface area contributed by atoms with Crippen molar-refractivity contribution >= 4 is 5.97 Å². The molecule has 3 N–H and O–H groups in total. The Morgan fingerprint density at radius 3 is 1.53 bits per heavy atom. The van der Waals surface area contributed by atoms with E-state index in [4.69, 9.17) is 9.47 Å². The van der Waals surface area contributed by atoms with Gasteiger partial charge in [-0.3, -0.25) is 0 Å². The second-order valence-corrected chi connectivity index (χ2v) is 9.20. The van der Waals surface area contributed by atoms with Crippen molar-refractivity contribution in [2.24, 2.45) is 0 Å². The summed E-state index contributed by atoms with van der Waals surface area (Å²) in [6, 6.07) is 0. The lowest BCUT2D eigenvalue weighted by molar-refractivity contribution is 0.0690. The van der Waals surface area contributed by atoms with E-state index in [1.807, 2.05) is 0 Å². The third kappa shape index (κ3) is 10.4. The van der Waals surface area contributed by atoms with E-state index in [1.54, 1.807) is 0 Å². The minimum absolute atomic E-state index is 0.0788. The number of phenols is 2. The van der Waals surface area contributed by atoms with Gasteiger partial charge in [0, 0.05) is 5.56 Å². The van der Waals surface area contributed by atoms with Crippen LogP contribution in [-0.2, 0) is 6.42 Å². The molecule has 0 atom stereocenters. The van der Waals surface area contributed by atoms with Crippen molar-refractivity contribution in [3.8, 4) is 23.0 Å². The molecular weight excluding hydrogens is 432 g/mol. The van der Waals surface area contributed by atoms with Crippen molar-refractivity contribution in [2.45, 2.75) is 124 Å². The number of carboxylic acid groups (broad SMARTS) is 1.